The zero-order valence-electron chi connectivity index (χ0n) is 17.1. The molecule has 0 radical (unpaired) electrons. The number of carbonyl (C=O) groups is 2. The lowest BCUT2D eigenvalue weighted by molar-refractivity contribution is -0.145. The smallest absolute Gasteiger partial charge is 0.414 e. The molecule has 32 heavy (non-hydrogen) atoms. The van der Waals surface area contributed by atoms with Crippen LogP contribution in [-0.2, 0) is 21.3 Å². The first kappa shape index (κ1) is 21.3. The monoisotopic (exact) mass is 441 g/mol. The number of ether oxygens (including phenoxy) is 2. The van der Waals surface area contributed by atoms with Crippen LogP contribution in [0.5, 0.6) is 0 Å². The molecule has 4 rings (SSSR count). The van der Waals surface area contributed by atoms with Gasteiger partial charge in [-0.25, -0.2) is 13.9 Å². The van der Waals surface area contributed by atoms with Gasteiger partial charge in [0.05, 0.1) is 18.7 Å². The normalized spacial score (nSPS) is 15.7. The van der Waals surface area contributed by atoms with E-state index in [1.807, 2.05) is 0 Å². The van der Waals surface area contributed by atoms with Crippen molar-refractivity contribution in [3.63, 3.8) is 0 Å². The number of halogens is 1. The van der Waals surface area contributed by atoms with Crippen molar-refractivity contribution in [2.75, 3.05) is 24.6 Å². The van der Waals surface area contributed by atoms with E-state index >= 15 is 0 Å². The second-order valence-electron chi connectivity index (χ2n) is 7.06. The zero-order chi connectivity index (χ0) is 22.7. The highest BCUT2D eigenvalue weighted by Gasteiger charge is 2.33. The molecule has 0 spiro atoms. The van der Waals surface area contributed by atoms with E-state index in [0.717, 1.165) is 0 Å². The lowest BCUT2D eigenvalue weighted by Crippen LogP contribution is -2.27. The summed E-state index contributed by atoms with van der Waals surface area (Å²) in [6.45, 7) is 0.229. The summed E-state index contributed by atoms with van der Waals surface area (Å²) in [4.78, 5) is 29.2. The van der Waals surface area contributed by atoms with Gasteiger partial charge in [-0.3, -0.25) is 14.7 Å². The molecule has 0 aliphatic carbocycles. The predicted molar refractivity (Wildman–Crippen MR) is 110 cm³/mol. The van der Waals surface area contributed by atoms with Gasteiger partial charge in [-0.15, -0.1) is 5.10 Å². The SMILES string of the molecule is Cn1nnnc1-c1ccc(-c2ccc(N3C[C@H](COC(=O)CCN)OC3=O)cc2F)cn1. The van der Waals surface area contributed by atoms with E-state index in [0.29, 0.717) is 28.3 Å². The molecule has 3 heterocycles. The van der Waals surface area contributed by atoms with Gasteiger partial charge < -0.3 is 15.2 Å². The summed E-state index contributed by atoms with van der Waals surface area (Å²) in [5.74, 6) is -0.501. The first-order valence-corrected chi connectivity index (χ1v) is 9.79. The average molecular weight is 441 g/mol. The molecular formula is C20H20FN7O4. The maximum atomic E-state index is 14.9. The third kappa shape index (κ3) is 4.39. The molecule has 2 aromatic heterocycles. The van der Waals surface area contributed by atoms with E-state index in [4.69, 9.17) is 15.2 Å². The number of hydrogen-bond donors (Lipinski definition) is 1. The van der Waals surface area contributed by atoms with Crippen molar-refractivity contribution in [2.24, 2.45) is 12.8 Å². The standard InChI is InChI=1S/C20H20FN7O4/c1-27-19(24-25-26-27)17-5-2-12(9-23-17)15-4-3-13(8-16(15)21)28-10-14(32-20(28)30)11-31-18(29)6-7-22/h2-5,8-9,14H,6-7,10-11,22H2,1H3/t14-/m1/s1. The van der Waals surface area contributed by atoms with Crippen LogP contribution in [0.1, 0.15) is 6.42 Å². The van der Waals surface area contributed by atoms with Crippen LogP contribution < -0.4 is 10.6 Å². The number of aromatic nitrogens is 5. The summed E-state index contributed by atoms with van der Waals surface area (Å²) in [7, 11) is 1.70. The van der Waals surface area contributed by atoms with E-state index in [1.54, 1.807) is 31.3 Å². The summed E-state index contributed by atoms with van der Waals surface area (Å²) in [5, 5.41) is 11.2. The van der Waals surface area contributed by atoms with Gasteiger partial charge in [0.15, 0.2) is 11.9 Å². The quantitative estimate of drug-likeness (QED) is 0.537. The Morgan fingerprint density at radius 2 is 2.19 bits per heavy atom. The number of nitrogens with two attached hydrogens (primary N) is 1. The second kappa shape index (κ2) is 9.06. The number of cyclic esters (lactones) is 1. The number of esters is 1. The Kier molecular flexibility index (Phi) is 6.03. The Morgan fingerprint density at radius 3 is 2.84 bits per heavy atom. The molecule has 0 unspecified atom stereocenters. The molecule has 1 fully saturated rings. The third-order valence-electron chi connectivity index (χ3n) is 4.84. The minimum absolute atomic E-state index is 0.0826. The van der Waals surface area contributed by atoms with Crippen molar-refractivity contribution in [3.05, 3.63) is 42.3 Å². The molecule has 0 bridgehead atoms. The highest BCUT2D eigenvalue weighted by atomic mass is 19.1. The molecule has 12 heteroatoms. The zero-order valence-corrected chi connectivity index (χ0v) is 17.1. The minimum atomic E-state index is -0.640. The summed E-state index contributed by atoms with van der Waals surface area (Å²) in [6.07, 6.45) is 0.333. The first-order valence-electron chi connectivity index (χ1n) is 9.79. The molecule has 1 saturated heterocycles. The highest BCUT2D eigenvalue weighted by Crippen LogP contribution is 2.29. The number of nitrogens with zero attached hydrogens (tertiary/aromatic N) is 6. The van der Waals surface area contributed by atoms with Crippen molar-refractivity contribution >= 4 is 17.7 Å². The molecule has 1 amide bonds. The van der Waals surface area contributed by atoms with E-state index < -0.39 is 24.0 Å². The van der Waals surface area contributed by atoms with Gasteiger partial charge in [0, 0.05) is 30.9 Å². The van der Waals surface area contributed by atoms with Crippen LogP contribution in [0.15, 0.2) is 36.5 Å². The van der Waals surface area contributed by atoms with Gasteiger partial charge in [-0.2, -0.15) is 0 Å². The summed E-state index contributed by atoms with van der Waals surface area (Å²) >= 11 is 0. The van der Waals surface area contributed by atoms with E-state index in [9.17, 15) is 14.0 Å². The fourth-order valence-electron chi connectivity index (χ4n) is 3.23. The van der Waals surface area contributed by atoms with Crippen molar-refractivity contribution in [1.82, 2.24) is 25.2 Å². The molecule has 0 saturated carbocycles. The van der Waals surface area contributed by atoms with Gasteiger partial charge in [-0.05, 0) is 34.7 Å². The van der Waals surface area contributed by atoms with Gasteiger partial charge in [0.1, 0.15) is 18.1 Å². The van der Waals surface area contributed by atoms with Crippen LogP contribution in [0.4, 0.5) is 14.9 Å². The summed E-state index contributed by atoms with van der Waals surface area (Å²) < 4.78 is 26.6. The van der Waals surface area contributed by atoms with Crippen LogP contribution in [0, 0.1) is 5.82 Å². The minimum Gasteiger partial charge on any atom is -0.462 e. The van der Waals surface area contributed by atoms with E-state index in [-0.39, 0.29) is 26.1 Å². The van der Waals surface area contributed by atoms with Gasteiger partial charge >= 0.3 is 12.1 Å². The van der Waals surface area contributed by atoms with Crippen molar-refractivity contribution in [3.8, 4) is 22.6 Å². The van der Waals surface area contributed by atoms with Gasteiger partial charge in [0.25, 0.3) is 0 Å². The molecule has 1 aliphatic heterocycles. The van der Waals surface area contributed by atoms with Crippen molar-refractivity contribution in [2.45, 2.75) is 12.5 Å². The van der Waals surface area contributed by atoms with Crippen LogP contribution in [-0.4, -0.2) is 63.1 Å². The molecule has 3 aromatic rings. The molecule has 1 atom stereocenters. The Hall–Kier alpha value is -3.93. The third-order valence-corrected chi connectivity index (χ3v) is 4.84. The number of amides is 1. The van der Waals surface area contributed by atoms with Crippen molar-refractivity contribution in [1.29, 1.82) is 0 Å². The number of aryl methyl sites for hydroxylation is 1. The van der Waals surface area contributed by atoms with Crippen LogP contribution in [0.2, 0.25) is 0 Å². The fourth-order valence-corrected chi connectivity index (χ4v) is 3.23. The Bertz CT molecular complexity index is 1140. The predicted octanol–water partition coefficient (Wildman–Crippen LogP) is 1.30. The Balaban J connectivity index is 1.46. The number of carbonyl (C=O) groups excluding carboxylic acids is 2. The highest BCUT2D eigenvalue weighted by molar-refractivity contribution is 5.90. The second-order valence-corrected chi connectivity index (χ2v) is 7.06. The maximum absolute atomic E-state index is 14.9. The average Bonchev–Trinajstić information content (AvgIpc) is 3.38. The number of pyridine rings is 1. The number of anilines is 1. The number of benzene rings is 1. The summed E-state index contributed by atoms with van der Waals surface area (Å²) in [5.41, 5.74) is 7.06. The van der Waals surface area contributed by atoms with Gasteiger partial charge in [-0.1, -0.05) is 6.07 Å². The van der Waals surface area contributed by atoms with Crippen LogP contribution in [0.3, 0.4) is 0 Å². The molecular weight excluding hydrogens is 421 g/mol. The number of hydrogen-bond acceptors (Lipinski definition) is 9. The largest absolute Gasteiger partial charge is 0.462 e. The maximum Gasteiger partial charge on any atom is 0.414 e. The van der Waals surface area contributed by atoms with Crippen molar-refractivity contribution < 1.29 is 23.5 Å². The summed E-state index contributed by atoms with van der Waals surface area (Å²) in [6, 6.07) is 7.84. The molecule has 1 aliphatic rings. The van der Waals surface area contributed by atoms with E-state index in [2.05, 4.69) is 20.5 Å². The molecule has 11 nitrogen and oxygen atoms in total. The Labute approximate surface area is 181 Å². The lowest BCUT2D eigenvalue weighted by atomic mass is 10.1. The lowest BCUT2D eigenvalue weighted by Gasteiger charge is -2.14. The molecule has 166 valence electrons. The molecule has 2 N–H and O–H groups in total. The number of tetrazole rings is 1. The Morgan fingerprint density at radius 1 is 1.34 bits per heavy atom. The fraction of sp³-hybridized carbons (Fsp3) is 0.300. The number of rotatable bonds is 7. The van der Waals surface area contributed by atoms with E-state index in [1.165, 1.54) is 21.8 Å². The van der Waals surface area contributed by atoms with Gasteiger partial charge in [0.2, 0.25) is 0 Å². The van der Waals surface area contributed by atoms with Crippen LogP contribution >= 0.6 is 0 Å². The topological polar surface area (TPSA) is 138 Å². The van der Waals surface area contributed by atoms with Crippen LogP contribution in [0.25, 0.3) is 22.6 Å². The molecule has 1 aromatic carbocycles. The first-order chi connectivity index (χ1) is 15.5.